The molecule has 1 heterocycles. The van der Waals surface area contributed by atoms with Gasteiger partial charge in [0.05, 0.1) is 5.69 Å². The lowest BCUT2D eigenvalue weighted by molar-refractivity contribution is 0.631. The highest BCUT2D eigenvalue weighted by atomic mass is 15.1. The summed E-state index contributed by atoms with van der Waals surface area (Å²) in [6.45, 7) is 13.7. The lowest BCUT2D eigenvalue weighted by Crippen LogP contribution is -2.10. The second-order valence-corrected chi connectivity index (χ2v) is 8.98. The van der Waals surface area contributed by atoms with Gasteiger partial charge in [0.25, 0.3) is 0 Å². The van der Waals surface area contributed by atoms with Gasteiger partial charge in [-0.25, -0.2) is 4.98 Å². The van der Waals surface area contributed by atoms with E-state index in [0.717, 1.165) is 18.7 Å². The fourth-order valence-corrected chi connectivity index (χ4v) is 4.05. The van der Waals surface area contributed by atoms with E-state index in [2.05, 4.69) is 94.8 Å². The molecule has 0 atom stereocenters. The van der Waals surface area contributed by atoms with E-state index >= 15 is 0 Å². The molecule has 0 aliphatic carbocycles. The van der Waals surface area contributed by atoms with Gasteiger partial charge >= 0.3 is 0 Å². The Kier molecular flexibility index (Phi) is 6.39. The smallest absolute Gasteiger partial charge is 0.144 e. The third-order valence-electron chi connectivity index (χ3n) is 5.16. The van der Waals surface area contributed by atoms with Crippen LogP contribution in [0.15, 0.2) is 54.9 Å². The number of aromatic nitrogens is 2. The lowest BCUT2D eigenvalue weighted by atomic mass is 9.93. The number of para-hydroxylation sites is 1. The van der Waals surface area contributed by atoms with E-state index in [1.54, 1.807) is 0 Å². The largest absolute Gasteiger partial charge is 0.299 e. The standard InChI is InChI=1S/C26H34N2/c1-18(2)16-21-10-9-11-22(17-19(3)4)25(21)28-15-14-27-26(28)24-13-8-7-12-23(24)20(5)6/h7-15,18-20H,16-17H2,1-6H3. The molecule has 0 bridgehead atoms. The Labute approximate surface area is 170 Å². The van der Waals surface area contributed by atoms with Gasteiger partial charge in [-0.3, -0.25) is 4.57 Å². The first-order valence-corrected chi connectivity index (χ1v) is 10.6. The van der Waals surface area contributed by atoms with Gasteiger partial charge in [-0.15, -0.1) is 0 Å². The average molecular weight is 375 g/mol. The molecule has 148 valence electrons. The van der Waals surface area contributed by atoms with Crippen molar-refractivity contribution in [2.24, 2.45) is 11.8 Å². The highest BCUT2D eigenvalue weighted by Crippen LogP contribution is 2.33. The van der Waals surface area contributed by atoms with Crippen molar-refractivity contribution in [2.45, 2.75) is 60.3 Å². The van der Waals surface area contributed by atoms with Gasteiger partial charge < -0.3 is 0 Å². The summed E-state index contributed by atoms with van der Waals surface area (Å²) in [5.41, 5.74) is 6.74. The minimum absolute atomic E-state index is 0.461. The van der Waals surface area contributed by atoms with Crippen molar-refractivity contribution in [3.05, 3.63) is 71.5 Å². The molecule has 0 fully saturated rings. The number of nitrogens with zero attached hydrogens (tertiary/aromatic N) is 2. The van der Waals surface area contributed by atoms with E-state index in [1.807, 2.05) is 6.20 Å². The van der Waals surface area contributed by atoms with Crippen LogP contribution < -0.4 is 0 Å². The van der Waals surface area contributed by atoms with Crippen LogP contribution in [-0.4, -0.2) is 9.55 Å². The fraction of sp³-hybridized carbons (Fsp3) is 0.423. The van der Waals surface area contributed by atoms with Crippen molar-refractivity contribution in [1.82, 2.24) is 9.55 Å². The Balaban J connectivity index is 2.22. The molecule has 0 radical (unpaired) electrons. The van der Waals surface area contributed by atoms with Gasteiger partial charge in [-0.1, -0.05) is 84.0 Å². The molecule has 0 amide bonds. The van der Waals surface area contributed by atoms with Crippen LogP contribution in [0.1, 0.15) is 64.2 Å². The van der Waals surface area contributed by atoms with Crippen molar-refractivity contribution in [3.63, 3.8) is 0 Å². The summed E-state index contributed by atoms with van der Waals surface area (Å²) in [7, 11) is 0. The van der Waals surface area contributed by atoms with Gasteiger partial charge in [-0.05, 0) is 47.3 Å². The Hall–Kier alpha value is -2.35. The zero-order valence-corrected chi connectivity index (χ0v) is 18.2. The summed E-state index contributed by atoms with van der Waals surface area (Å²) in [5, 5.41) is 0. The summed E-state index contributed by atoms with van der Waals surface area (Å²) in [6.07, 6.45) is 6.22. The quantitative estimate of drug-likeness (QED) is 0.433. The third-order valence-corrected chi connectivity index (χ3v) is 5.16. The third kappa shape index (κ3) is 4.38. The summed E-state index contributed by atoms with van der Waals surface area (Å²) in [5.74, 6) is 2.74. The van der Waals surface area contributed by atoms with Crippen molar-refractivity contribution < 1.29 is 0 Å². The molecule has 1 aromatic heterocycles. The SMILES string of the molecule is CC(C)Cc1cccc(CC(C)C)c1-n1ccnc1-c1ccccc1C(C)C. The number of benzene rings is 2. The Bertz CT molecular complexity index is 887. The summed E-state index contributed by atoms with van der Waals surface area (Å²) >= 11 is 0. The first-order valence-electron chi connectivity index (χ1n) is 10.6. The van der Waals surface area contributed by atoms with Gasteiger partial charge in [0.1, 0.15) is 5.82 Å². The van der Waals surface area contributed by atoms with Gasteiger partial charge in [0.2, 0.25) is 0 Å². The maximum Gasteiger partial charge on any atom is 0.144 e. The number of imidazole rings is 1. The Morgan fingerprint density at radius 2 is 1.39 bits per heavy atom. The molecule has 0 N–H and O–H groups in total. The maximum atomic E-state index is 4.81. The normalized spacial score (nSPS) is 11.8. The Morgan fingerprint density at radius 3 is 1.96 bits per heavy atom. The van der Waals surface area contributed by atoms with E-state index in [4.69, 9.17) is 4.98 Å². The van der Waals surface area contributed by atoms with Crippen LogP contribution >= 0.6 is 0 Å². The van der Waals surface area contributed by atoms with Crippen molar-refractivity contribution in [2.75, 3.05) is 0 Å². The van der Waals surface area contributed by atoms with Crippen LogP contribution in [0.3, 0.4) is 0 Å². The molecular formula is C26H34N2. The van der Waals surface area contributed by atoms with Crippen molar-refractivity contribution >= 4 is 0 Å². The highest BCUT2D eigenvalue weighted by Gasteiger charge is 2.18. The molecule has 3 rings (SSSR count). The van der Waals surface area contributed by atoms with Crippen LogP contribution in [0.5, 0.6) is 0 Å². The molecule has 0 aliphatic heterocycles. The molecule has 0 saturated carbocycles. The van der Waals surface area contributed by atoms with Gasteiger partial charge in [0.15, 0.2) is 0 Å². The van der Waals surface area contributed by atoms with E-state index < -0.39 is 0 Å². The molecular weight excluding hydrogens is 340 g/mol. The van der Waals surface area contributed by atoms with E-state index in [-0.39, 0.29) is 0 Å². The molecule has 2 heteroatoms. The number of hydrogen-bond donors (Lipinski definition) is 0. The van der Waals surface area contributed by atoms with Crippen LogP contribution in [0, 0.1) is 11.8 Å². The zero-order valence-electron chi connectivity index (χ0n) is 18.2. The predicted octanol–water partition coefficient (Wildman–Crippen LogP) is 7.06. The number of hydrogen-bond acceptors (Lipinski definition) is 1. The zero-order chi connectivity index (χ0) is 20.3. The van der Waals surface area contributed by atoms with Crippen molar-refractivity contribution in [3.8, 4) is 17.1 Å². The molecule has 0 saturated heterocycles. The highest BCUT2D eigenvalue weighted by molar-refractivity contribution is 5.65. The molecule has 28 heavy (non-hydrogen) atoms. The summed E-state index contributed by atoms with van der Waals surface area (Å²) in [4.78, 5) is 4.81. The summed E-state index contributed by atoms with van der Waals surface area (Å²) in [6, 6.07) is 15.5. The summed E-state index contributed by atoms with van der Waals surface area (Å²) < 4.78 is 2.33. The second-order valence-electron chi connectivity index (χ2n) is 8.98. The maximum absolute atomic E-state index is 4.81. The van der Waals surface area contributed by atoms with Crippen LogP contribution in [0.25, 0.3) is 17.1 Å². The topological polar surface area (TPSA) is 17.8 Å². The van der Waals surface area contributed by atoms with E-state index in [0.29, 0.717) is 17.8 Å². The molecule has 0 spiro atoms. The van der Waals surface area contributed by atoms with Crippen LogP contribution in [-0.2, 0) is 12.8 Å². The van der Waals surface area contributed by atoms with Crippen molar-refractivity contribution in [1.29, 1.82) is 0 Å². The monoisotopic (exact) mass is 374 g/mol. The number of rotatable bonds is 7. The van der Waals surface area contributed by atoms with Crippen LogP contribution in [0.2, 0.25) is 0 Å². The minimum atomic E-state index is 0.461. The first-order chi connectivity index (χ1) is 13.4. The molecule has 2 nitrogen and oxygen atoms in total. The van der Waals surface area contributed by atoms with Gasteiger partial charge in [0, 0.05) is 18.0 Å². The molecule has 0 unspecified atom stereocenters. The lowest BCUT2D eigenvalue weighted by Gasteiger charge is -2.21. The molecule has 0 aliphatic rings. The van der Waals surface area contributed by atoms with E-state index in [9.17, 15) is 0 Å². The minimum Gasteiger partial charge on any atom is -0.299 e. The molecule has 3 aromatic rings. The Morgan fingerprint density at radius 1 is 0.786 bits per heavy atom. The average Bonchev–Trinajstić information content (AvgIpc) is 3.10. The van der Waals surface area contributed by atoms with Crippen LogP contribution in [0.4, 0.5) is 0 Å². The first kappa shape index (κ1) is 20.4. The molecule has 2 aromatic carbocycles. The van der Waals surface area contributed by atoms with Gasteiger partial charge in [-0.2, -0.15) is 0 Å². The second kappa shape index (κ2) is 8.77. The van der Waals surface area contributed by atoms with E-state index in [1.165, 1.54) is 27.9 Å². The predicted molar refractivity (Wildman–Crippen MR) is 120 cm³/mol. The fourth-order valence-electron chi connectivity index (χ4n) is 4.05.